The van der Waals surface area contributed by atoms with Gasteiger partial charge in [-0.1, -0.05) is 36.4 Å². The van der Waals surface area contributed by atoms with Gasteiger partial charge in [0.25, 0.3) is 0 Å². The summed E-state index contributed by atoms with van der Waals surface area (Å²) < 4.78 is 25.3. The van der Waals surface area contributed by atoms with Crippen LogP contribution < -0.4 is 14.9 Å². The van der Waals surface area contributed by atoms with Crippen molar-refractivity contribution in [3.8, 4) is 0 Å². The largest absolute Gasteiger partial charge is 0.338 e. The van der Waals surface area contributed by atoms with E-state index in [-0.39, 0.29) is 11.8 Å². The zero-order valence-electron chi connectivity index (χ0n) is 15.4. The van der Waals surface area contributed by atoms with Crippen molar-refractivity contribution >= 4 is 21.7 Å². The van der Waals surface area contributed by atoms with Crippen LogP contribution in [-0.2, 0) is 23.0 Å². The van der Waals surface area contributed by atoms with E-state index in [1.165, 1.54) is 15.4 Å². The highest BCUT2D eigenvalue weighted by Gasteiger charge is 2.28. The van der Waals surface area contributed by atoms with Crippen molar-refractivity contribution < 1.29 is 13.2 Å². The number of rotatable bonds is 6. The van der Waals surface area contributed by atoms with Gasteiger partial charge < -0.3 is 10.6 Å². The van der Waals surface area contributed by atoms with Crippen molar-refractivity contribution in [3.63, 3.8) is 0 Å². The van der Waals surface area contributed by atoms with Crippen molar-refractivity contribution in [2.75, 3.05) is 23.1 Å². The summed E-state index contributed by atoms with van der Waals surface area (Å²) in [6, 6.07) is 15.2. The van der Waals surface area contributed by atoms with Crippen LogP contribution in [0.25, 0.3) is 0 Å². The molecule has 1 saturated heterocycles. The molecule has 2 N–H and O–H groups in total. The molecular formula is C20H25N3O3S. The normalized spacial score (nSPS) is 15.5. The van der Waals surface area contributed by atoms with Crippen LogP contribution in [-0.4, -0.2) is 33.3 Å². The first-order valence-corrected chi connectivity index (χ1v) is 10.7. The first-order chi connectivity index (χ1) is 13.0. The lowest BCUT2D eigenvalue weighted by molar-refractivity contribution is 0.240. The number of nitrogens with zero attached hydrogens (tertiary/aromatic N) is 1. The Bertz CT molecular complexity index is 895. The molecule has 1 aliphatic rings. The van der Waals surface area contributed by atoms with Crippen LogP contribution in [0.1, 0.15) is 23.1 Å². The van der Waals surface area contributed by atoms with Crippen molar-refractivity contribution in [1.82, 2.24) is 10.6 Å². The van der Waals surface area contributed by atoms with E-state index in [2.05, 4.69) is 29.7 Å². The van der Waals surface area contributed by atoms with Crippen LogP contribution in [0.3, 0.4) is 0 Å². The van der Waals surface area contributed by atoms with E-state index in [0.717, 1.165) is 12.0 Å². The van der Waals surface area contributed by atoms with Crippen molar-refractivity contribution in [3.05, 3.63) is 65.2 Å². The van der Waals surface area contributed by atoms with Crippen molar-refractivity contribution in [2.24, 2.45) is 0 Å². The average molecular weight is 388 g/mol. The van der Waals surface area contributed by atoms with Gasteiger partial charge in [-0.25, -0.2) is 13.2 Å². The highest BCUT2D eigenvalue weighted by atomic mass is 32.2. The zero-order valence-corrected chi connectivity index (χ0v) is 16.3. The quantitative estimate of drug-likeness (QED) is 0.800. The summed E-state index contributed by atoms with van der Waals surface area (Å²) in [5.41, 5.74) is 4.05. The first-order valence-electron chi connectivity index (χ1n) is 9.11. The zero-order chi connectivity index (χ0) is 19.3. The topological polar surface area (TPSA) is 78.5 Å². The van der Waals surface area contributed by atoms with Crippen molar-refractivity contribution in [2.45, 2.75) is 26.3 Å². The number of sulfonamides is 1. The number of anilines is 1. The fourth-order valence-corrected chi connectivity index (χ4v) is 4.72. The Morgan fingerprint density at radius 2 is 1.81 bits per heavy atom. The second kappa shape index (κ2) is 8.43. The minimum Gasteiger partial charge on any atom is -0.338 e. The van der Waals surface area contributed by atoms with Crippen LogP contribution in [0.4, 0.5) is 10.5 Å². The molecule has 7 heteroatoms. The number of benzene rings is 2. The van der Waals surface area contributed by atoms with Gasteiger partial charge in [-0.2, -0.15) is 0 Å². The Labute approximate surface area is 160 Å². The summed E-state index contributed by atoms with van der Waals surface area (Å²) in [7, 11) is -3.16. The Morgan fingerprint density at radius 3 is 2.48 bits per heavy atom. The predicted molar refractivity (Wildman–Crippen MR) is 107 cm³/mol. The molecule has 0 unspecified atom stereocenters. The lowest BCUT2D eigenvalue weighted by Gasteiger charge is -2.17. The fourth-order valence-electron chi connectivity index (χ4n) is 3.16. The minimum absolute atomic E-state index is 0.207. The molecule has 3 rings (SSSR count). The van der Waals surface area contributed by atoms with Crippen LogP contribution in [0.5, 0.6) is 0 Å². The smallest absolute Gasteiger partial charge is 0.315 e. The van der Waals surface area contributed by atoms with E-state index in [9.17, 15) is 13.2 Å². The van der Waals surface area contributed by atoms with Gasteiger partial charge in [-0.3, -0.25) is 4.31 Å². The molecule has 144 valence electrons. The van der Waals surface area contributed by atoms with Gasteiger partial charge in [-0.05, 0) is 48.6 Å². The molecule has 2 aromatic rings. The van der Waals surface area contributed by atoms with Gasteiger partial charge in [0.1, 0.15) is 0 Å². The SMILES string of the molecule is Cc1ccccc1CCNC(=O)NCc1ccc(N2CCCS2(=O)=O)cc1. The van der Waals surface area contributed by atoms with E-state index in [4.69, 9.17) is 0 Å². The third-order valence-electron chi connectivity index (χ3n) is 4.72. The number of nitrogens with one attached hydrogen (secondary N) is 2. The molecule has 2 aromatic carbocycles. The molecular weight excluding hydrogens is 362 g/mol. The van der Waals surface area contributed by atoms with E-state index < -0.39 is 10.0 Å². The monoisotopic (exact) mass is 387 g/mol. The Morgan fingerprint density at radius 1 is 1.07 bits per heavy atom. The highest BCUT2D eigenvalue weighted by molar-refractivity contribution is 7.93. The third-order valence-corrected chi connectivity index (χ3v) is 6.59. The molecule has 0 spiro atoms. The molecule has 1 aliphatic heterocycles. The van der Waals surface area contributed by atoms with E-state index in [1.807, 2.05) is 24.3 Å². The van der Waals surface area contributed by atoms with Crippen LogP contribution in [0, 0.1) is 6.92 Å². The number of amides is 2. The number of aryl methyl sites for hydroxylation is 1. The minimum atomic E-state index is -3.16. The molecule has 27 heavy (non-hydrogen) atoms. The molecule has 2 amide bonds. The molecule has 0 atom stereocenters. The molecule has 0 saturated carbocycles. The second-order valence-electron chi connectivity index (χ2n) is 6.69. The molecule has 0 radical (unpaired) electrons. The fraction of sp³-hybridized carbons (Fsp3) is 0.350. The summed E-state index contributed by atoms with van der Waals surface area (Å²) in [5, 5.41) is 5.68. The maximum absolute atomic E-state index is 11.9. The molecule has 0 aromatic heterocycles. The lowest BCUT2D eigenvalue weighted by Crippen LogP contribution is -2.36. The summed E-state index contributed by atoms with van der Waals surface area (Å²) in [6.07, 6.45) is 1.45. The van der Waals surface area contributed by atoms with Gasteiger partial charge in [0.2, 0.25) is 10.0 Å². The third kappa shape index (κ3) is 5.01. The van der Waals surface area contributed by atoms with E-state index >= 15 is 0 Å². The van der Waals surface area contributed by atoms with Gasteiger partial charge >= 0.3 is 6.03 Å². The number of urea groups is 1. The van der Waals surface area contributed by atoms with E-state index in [1.54, 1.807) is 12.1 Å². The van der Waals surface area contributed by atoms with Crippen molar-refractivity contribution in [1.29, 1.82) is 0 Å². The molecule has 0 aliphatic carbocycles. The molecule has 6 nitrogen and oxygen atoms in total. The predicted octanol–water partition coefficient (Wildman–Crippen LogP) is 2.58. The number of carbonyl (C=O) groups is 1. The lowest BCUT2D eigenvalue weighted by atomic mass is 10.1. The highest BCUT2D eigenvalue weighted by Crippen LogP contribution is 2.24. The standard InChI is InChI=1S/C20H25N3O3S/c1-16-5-2-3-6-18(16)11-12-21-20(24)22-15-17-7-9-19(10-8-17)23-13-4-14-27(23,25)26/h2-3,5-10H,4,11-15H2,1H3,(H2,21,22,24). The van der Waals surface area contributed by atoms with Crippen LogP contribution >= 0.6 is 0 Å². The van der Waals surface area contributed by atoms with Crippen LogP contribution in [0.15, 0.2) is 48.5 Å². The maximum atomic E-state index is 11.9. The van der Waals surface area contributed by atoms with Gasteiger partial charge in [0, 0.05) is 19.6 Å². The van der Waals surface area contributed by atoms with Gasteiger partial charge in [0.05, 0.1) is 11.4 Å². The first kappa shape index (κ1) is 19.2. The average Bonchev–Trinajstić information content (AvgIpc) is 3.01. The Balaban J connectivity index is 1.44. The number of hydrogen-bond donors (Lipinski definition) is 2. The molecule has 0 bridgehead atoms. The molecule has 1 fully saturated rings. The van der Waals surface area contributed by atoms with E-state index in [0.29, 0.717) is 31.7 Å². The van der Waals surface area contributed by atoms with Gasteiger partial charge in [0.15, 0.2) is 0 Å². The van der Waals surface area contributed by atoms with Crippen LogP contribution in [0.2, 0.25) is 0 Å². The Hall–Kier alpha value is -2.54. The summed E-state index contributed by atoms with van der Waals surface area (Å²) >= 11 is 0. The Kier molecular flexibility index (Phi) is 6.01. The number of carbonyl (C=O) groups excluding carboxylic acids is 1. The summed E-state index contributed by atoms with van der Waals surface area (Å²) in [5.74, 6) is 0.207. The maximum Gasteiger partial charge on any atom is 0.315 e. The van der Waals surface area contributed by atoms with Gasteiger partial charge in [-0.15, -0.1) is 0 Å². The number of hydrogen-bond acceptors (Lipinski definition) is 3. The summed E-state index contributed by atoms with van der Waals surface area (Å²) in [4.78, 5) is 11.9. The molecule has 1 heterocycles. The second-order valence-corrected chi connectivity index (χ2v) is 8.71. The summed E-state index contributed by atoms with van der Waals surface area (Å²) in [6.45, 7) is 3.56.